The van der Waals surface area contributed by atoms with Crippen molar-refractivity contribution in [2.24, 2.45) is 0 Å². The highest BCUT2D eigenvalue weighted by atomic mass is 79.9. The van der Waals surface area contributed by atoms with Gasteiger partial charge in [0.15, 0.2) is 11.0 Å². The van der Waals surface area contributed by atoms with Crippen LogP contribution in [0.3, 0.4) is 0 Å². The Morgan fingerprint density at radius 1 is 1.09 bits per heavy atom. The van der Waals surface area contributed by atoms with Gasteiger partial charge in [-0.3, -0.25) is 4.79 Å². The first-order valence-corrected chi connectivity index (χ1v) is 8.88. The maximum absolute atomic E-state index is 12.4. The lowest BCUT2D eigenvalue weighted by atomic mass is 10.0. The molecular formula is C18H12Br2O3. The first kappa shape index (κ1) is 15.0. The van der Waals surface area contributed by atoms with Crippen molar-refractivity contribution in [3.63, 3.8) is 0 Å². The van der Waals surface area contributed by atoms with Crippen LogP contribution in [0.15, 0.2) is 54.6 Å². The minimum Gasteiger partial charge on any atom is -0.508 e. The van der Waals surface area contributed by atoms with Crippen molar-refractivity contribution in [1.29, 1.82) is 0 Å². The van der Waals surface area contributed by atoms with Gasteiger partial charge in [-0.2, -0.15) is 0 Å². The molecule has 0 atom stereocenters. The standard InChI is InChI=1S/C18H12Br2O3/c19-11-6-13-16(22)8-17(23-18(13)14(20)7-11)10-3-4-15(21)12(5-10)9-1-2-9/h3-9,21H,1-2H2. The lowest BCUT2D eigenvalue weighted by Crippen LogP contribution is -2.01. The molecule has 0 bridgehead atoms. The van der Waals surface area contributed by atoms with Crippen molar-refractivity contribution >= 4 is 42.8 Å². The molecule has 0 saturated heterocycles. The largest absolute Gasteiger partial charge is 0.508 e. The summed E-state index contributed by atoms with van der Waals surface area (Å²) >= 11 is 6.83. The van der Waals surface area contributed by atoms with Gasteiger partial charge in [-0.1, -0.05) is 15.9 Å². The number of phenols is 1. The molecular weight excluding hydrogens is 424 g/mol. The number of phenolic OH excluding ortho intramolecular Hbond substituents is 1. The molecule has 3 aromatic rings. The lowest BCUT2D eigenvalue weighted by molar-refractivity contribution is 0.468. The zero-order chi connectivity index (χ0) is 16.1. The van der Waals surface area contributed by atoms with Crippen molar-refractivity contribution in [2.75, 3.05) is 0 Å². The van der Waals surface area contributed by atoms with Gasteiger partial charge < -0.3 is 9.52 Å². The number of fused-ring (bicyclic) bond motifs is 1. The number of hydrogen-bond acceptors (Lipinski definition) is 3. The molecule has 116 valence electrons. The van der Waals surface area contributed by atoms with E-state index in [1.54, 1.807) is 18.2 Å². The maximum Gasteiger partial charge on any atom is 0.193 e. The van der Waals surface area contributed by atoms with E-state index in [2.05, 4.69) is 31.9 Å². The van der Waals surface area contributed by atoms with E-state index < -0.39 is 0 Å². The van der Waals surface area contributed by atoms with Crippen LogP contribution in [0.1, 0.15) is 24.3 Å². The first-order chi connectivity index (χ1) is 11.0. The lowest BCUT2D eigenvalue weighted by Gasteiger charge is -2.08. The van der Waals surface area contributed by atoms with Crippen molar-refractivity contribution in [3.05, 3.63) is 61.1 Å². The van der Waals surface area contributed by atoms with Gasteiger partial charge in [-0.25, -0.2) is 0 Å². The number of rotatable bonds is 2. The second-order valence-corrected chi connectivity index (χ2v) is 7.56. The molecule has 1 saturated carbocycles. The average Bonchev–Trinajstić information content (AvgIpc) is 3.33. The third-order valence-corrected chi connectivity index (χ3v) is 5.12. The van der Waals surface area contributed by atoms with Crippen LogP contribution in [0.2, 0.25) is 0 Å². The zero-order valence-corrected chi connectivity index (χ0v) is 15.1. The van der Waals surface area contributed by atoms with Gasteiger partial charge in [-0.05, 0) is 70.6 Å². The van der Waals surface area contributed by atoms with Crippen LogP contribution in [0.25, 0.3) is 22.3 Å². The van der Waals surface area contributed by atoms with Crippen LogP contribution in [0, 0.1) is 0 Å². The quantitative estimate of drug-likeness (QED) is 0.572. The molecule has 1 heterocycles. The second-order valence-electron chi connectivity index (χ2n) is 5.79. The number of halogens is 2. The second kappa shape index (κ2) is 5.49. The Kier molecular flexibility index (Phi) is 3.58. The minimum atomic E-state index is -0.0932. The van der Waals surface area contributed by atoms with E-state index in [4.69, 9.17) is 4.42 Å². The fourth-order valence-corrected chi connectivity index (χ4v) is 4.06. The summed E-state index contributed by atoms with van der Waals surface area (Å²) in [5, 5.41) is 10.5. The molecule has 0 aliphatic heterocycles. The molecule has 1 aromatic heterocycles. The van der Waals surface area contributed by atoms with Crippen LogP contribution in [0.5, 0.6) is 5.75 Å². The van der Waals surface area contributed by atoms with Gasteiger partial charge in [0.1, 0.15) is 11.5 Å². The predicted octanol–water partition coefficient (Wildman–Crippen LogP) is 5.57. The Hall–Kier alpha value is -1.59. The highest BCUT2D eigenvalue weighted by Gasteiger charge is 2.26. The highest BCUT2D eigenvalue weighted by molar-refractivity contribution is 9.11. The summed E-state index contributed by atoms with van der Waals surface area (Å²) in [5.74, 6) is 1.24. The van der Waals surface area contributed by atoms with Gasteiger partial charge in [0.05, 0.1) is 9.86 Å². The maximum atomic E-state index is 12.4. The van der Waals surface area contributed by atoms with E-state index in [-0.39, 0.29) is 5.43 Å². The van der Waals surface area contributed by atoms with E-state index >= 15 is 0 Å². The van der Waals surface area contributed by atoms with E-state index in [0.29, 0.717) is 28.4 Å². The molecule has 4 rings (SSSR count). The molecule has 0 amide bonds. The summed E-state index contributed by atoms with van der Waals surface area (Å²) in [6.45, 7) is 0. The normalized spacial score (nSPS) is 14.3. The SMILES string of the molecule is O=c1cc(-c2ccc(O)c(C3CC3)c2)oc2c(Br)cc(Br)cc12. The summed E-state index contributed by atoms with van der Waals surface area (Å²) in [7, 11) is 0. The summed E-state index contributed by atoms with van der Waals surface area (Å²) in [4.78, 5) is 12.4. The topological polar surface area (TPSA) is 50.4 Å². The molecule has 2 aromatic carbocycles. The monoisotopic (exact) mass is 434 g/mol. The van der Waals surface area contributed by atoms with Crippen molar-refractivity contribution in [2.45, 2.75) is 18.8 Å². The van der Waals surface area contributed by atoms with Crippen LogP contribution in [-0.2, 0) is 0 Å². The van der Waals surface area contributed by atoms with Crippen molar-refractivity contribution < 1.29 is 9.52 Å². The van der Waals surface area contributed by atoms with E-state index in [9.17, 15) is 9.90 Å². The molecule has 1 N–H and O–H groups in total. The molecule has 23 heavy (non-hydrogen) atoms. The summed E-state index contributed by atoms with van der Waals surface area (Å²) in [6, 6.07) is 10.5. The zero-order valence-electron chi connectivity index (χ0n) is 12.0. The Balaban J connectivity index is 1.93. The molecule has 0 spiro atoms. The third kappa shape index (κ3) is 2.72. The predicted molar refractivity (Wildman–Crippen MR) is 97.0 cm³/mol. The van der Waals surface area contributed by atoms with E-state index in [1.165, 1.54) is 6.07 Å². The molecule has 5 heteroatoms. The van der Waals surface area contributed by atoms with E-state index in [1.807, 2.05) is 12.1 Å². The fraction of sp³-hybridized carbons (Fsp3) is 0.167. The molecule has 0 radical (unpaired) electrons. The van der Waals surface area contributed by atoms with Crippen LogP contribution in [0.4, 0.5) is 0 Å². The average molecular weight is 436 g/mol. The number of benzene rings is 2. The van der Waals surface area contributed by atoms with Gasteiger partial charge in [-0.15, -0.1) is 0 Å². The van der Waals surface area contributed by atoms with Crippen LogP contribution >= 0.6 is 31.9 Å². The summed E-state index contributed by atoms with van der Waals surface area (Å²) < 4.78 is 7.50. The molecule has 0 unspecified atom stereocenters. The summed E-state index contributed by atoms with van der Waals surface area (Å²) in [6.07, 6.45) is 2.19. The molecule has 1 fully saturated rings. The van der Waals surface area contributed by atoms with E-state index in [0.717, 1.165) is 32.9 Å². The fourth-order valence-electron chi connectivity index (χ4n) is 2.75. The smallest absolute Gasteiger partial charge is 0.193 e. The van der Waals surface area contributed by atoms with Crippen LogP contribution in [-0.4, -0.2) is 5.11 Å². The van der Waals surface area contributed by atoms with Gasteiger partial charge >= 0.3 is 0 Å². The minimum absolute atomic E-state index is 0.0932. The molecule has 3 nitrogen and oxygen atoms in total. The highest BCUT2D eigenvalue weighted by Crippen LogP contribution is 2.45. The summed E-state index contributed by atoms with van der Waals surface area (Å²) in [5.41, 5.74) is 2.17. The Morgan fingerprint density at radius 3 is 2.61 bits per heavy atom. The van der Waals surface area contributed by atoms with Gasteiger partial charge in [0.25, 0.3) is 0 Å². The van der Waals surface area contributed by atoms with Crippen molar-refractivity contribution in [1.82, 2.24) is 0 Å². The van der Waals surface area contributed by atoms with Crippen molar-refractivity contribution in [3.8, 4) is 17.1 Å². The Bertz CT molecular complexity index is 987. The first-order valence-electron chi connectivity index (χ1n) is 7.29. The molecule has 1 aliphatic rings. The molecule has 1 aliphatic carbocycles. The van der Waals surface area contributed by atoms with Gasteiger partial charge in [0.2, 0.25) is 0 Å². The van der Waals surface area contributed by atoms with Gasteiger partial charge in [0, 0.05) is 16.1 Å². The van der Waals surface area contributed by atoms with Crippen LogP contribution < -0.4 is 5.43 Å². The third-order valence-electron chi connectivity index (χ3n) is 4.08. The Labute approximate surface area is 149 Å². The number of hydrogen-bond donors (Lipinski definition) is 1. The Morgan fingerprint density at radius 2 is 1.87 bits per heavy atom. The number of aromatic hydroxyl groups is 1.